The lowest BCUT2D eigenvalue weighted by atomic mass is 9.96. The van der Waals surface area contributed by atoms with Gasteiger partial charge in [0.2, 0.25) is 10.0 Å². The number of halogens is 1. The van der Waals surface area contributed by atoms with Crippen molar-refractivity contribution in [2.45, 2.75) is 24.3 Å². The van der Waals surface area contributed by atoms with E-state index < -0.39 is 15.8 Å². The van der Waals surface area contributed by atoms with E-state index in [0.717, 1.165) is 19.0 Å². The molecular weight excluding hydrogens is 283 g/mol. The minimum atomic E-state index is -3.73. The summed E-state index contributed by atoms with van der Waals surface area (Å²) in [6.45, 7) is 3.47. The maximum Gasteiger partial charge on any atom is 0.240 e. The van der Waals surface area contributed by atoms with Crippen LogP contribution in [0.25, 0.3) is 0 Å². The van der Waals surface area contributed by atoms with Crippen molar-refractivity contribution in [1.29, 1.82) is 0 Å². The normalized spacial score (nSPS) is 23.6. The van der Waals surface area contributed by atoms with Gasteiger partial charge in [-0.25, -0.2) is 17.5 Å². The van der Waals surface area contributed by atoms with E-state index >= 15 is 0 Å². The summed E-state index contributed by atoms with van der Waals surface area (Å²) in [7, 11) is -2.39. The second-order valence-electron chi connectivity index (χ2n) is 4.99. The number of hydrogen-bond acceptors (Lipinski definition) is 4. The SMILES string of the molecule is COc1ccc(S(=O)(=O)NC2CNCCC2C)cc1F. The monoisotopic (exact) mass is 302 g/mol. The third kappa shape index (κ3) is 3.28. The molecule has 5 nitrogen and oxygen atoms in total. The van der Waals surface area contributed by atoms with Gasteiger partial charge in [-0.3, -0.25) is 0 Å². The zero-order valence-corrected chi connectivity index (χ0v) is 12.3. The predicted octanol–water partition coefficient (Wildman–Crippen LogP) is 1.11. The molecule has 0 spiro atoms. The highest BCUT2D eigenvalue weighted by Crippen LogP contribution is 2.21. The zero-order valence-electron chi connectivity index (χ0n) is 11.5. The molecular formula is C13H19FN2O3S. The van der Waals surface area contributed by atoms with Crippen LogP contribution < -0.4 is 14.8 Å². The van der Waals surface area contributed by atoms with Gasteiger partial charge < -0.3 is 10.1 Å². The van der Waals surface area contributed by atoms with Gasteiger partial charge in [0, 0.05) is 12.6 Å². The van der Waals surface area contributed by atoms with Crippen LogP contribution in [-0.4, -0.2) is 34.7 Å². The van der Waals surface area contributed by atoms with Crippen LogP contribution in [0.4, 0.5) is 4.39 Å². The maximum atomic E-state index is 13.6. The summed E-state index contributed by atoms with van der Waals surface area (Å²) in [5.74, 6) is -0.420. The Morgan fingerprint density at radius 1 is 1.45 bits per heavy atom. The largest absolute Gasteiger partial charge is 0.494 e. The van der Waals surface area contributed by atoms with E-state index in [9.17, 15) is 12.8 Å². The Labute approximate surface area is 118 Å². The fraction of sp³-hybridized carbons (Fsp3) is 0.538. The molecule has 1 aromatic carbocycles. The Balaban J connectivity index is 2.19. The minimum absolute atomic E-state index is 0.0247. The highest BCUT2D eigenvalue weighted by molar-refractivity contribution is 7.89. The molecule has 0 radical (unpaired) electrons. The summed E-state index contributed by atoms with van der Waals surface area (Å²) in [5.41, 5.74) is 0. The number of nitrogens with one attached hydrogen (secondary N) is 2. The van der Waals surface area contributed by atoms with Crippen molar-refractivity contribution in [2.75, 3.05) is 20.2 Å². The molecule has 2 unspecified atom stereocenters. The number of sulfonamides is 1. The molecule has 2 rings (SSSR count). The van der Waals surface area contributed by atoms with Gasteiger partial charge in [-0.15, -0.1) is 0 Å². The Morgan fingerprint density at radius 3 is 2.80 bits per heavy atom. The summed E-state index contributed by atoms with van der Waals surface area (Å²) < 4.78 is 45.5. The molecule has 2 N–H and O–H groups in total. The van der Waals surface area contributed by atoms with Gasteiger partial charge in [0.05, 0.1) is 12.0 Å². The van der Waals surface area contributed by atoms with Crippen LogP contribution >= 0.6 is 0 Å². The zero-order chi connectivity index (χ0) is 14.8. The van der Waals surface area contributed by atoms with Crippen LogP contribution in [0.1, 0.15) is 13.3 Å². The van der Waals surface area contributed by atoms with E-state index in [4.69, 9.17) is 4.74 Å². The molecule has 7 heteroatoms. The second kappa shape index (κ2) is 6.07. The Hall–Kier alpha value is -1.18. The lowest BCUT2D eigenvalue weighted by molar-refractivity contribution is 0.327. The number of hydrogen-bond donors (Lipinski definition) is 2. The average Bonchev–Trinajstić information content (AvgIpc) is 2.41. The molecule has 0 amide bonds. The Morgan fingerprint density at radius 2 is 2.20 bits per heavy atom. The number of benzene rings is 1. The van der Waals surface area contributed by atoms with Crippen molar-refractivity contribution in [3.05, 3.63) is 24.0 Å². The lowest BCUT2D eigenvalue weighted by Crippen LogP contribution is -2.50. The lowest BCUT2D eigenvalue weighted by Gasteiger charge is -2.29. The predicted molar refractivity (Wildman–Crippen MR) is 73.7 cm³/mol. The highest BCUT2D eigenvalue weighted by atomic mass is 32.2. The Kier molecular flexibility index (Phi) is 4.62. The van der Waals surface area contributed by atoms with Crippen LogP contribution in [0.3, 0.4) is 0 Å². The first-order valence-corrected chi connectivity index (χ1v) is 7.99. The first-order chi connectivity index (χ1) is 9.44. The van der Waals surface area contributed by atoms with E-state index in [2.05, 4.69) is 10.0 Å². The molecule has 20 heavy (non-hydrogen) atoms. The molecule has 0 aromatic heterocycles. The van der Waals surface area contributed by atoms with Crippen LogP contribution in [0.15, 0.2) is 23.1 Å². The van der Waals surface area contributed by atoms with Crippen molar-refractivity contribution < 1.29 is 17.5 Å². The van der Waals surface area contributed by atoms with Gasteiger partial charge in [0.1, 0.15) is 0 Å². The molecule has 0 aliphatic carbocycles. The molecule has 0 bridgehead atoms. The van der Waals surface area contributed by atoms with Crippen LogP contribution in [-0.2, 0) is 10.0 Å². The van der Waals surface area contributed by atoms with Crippen molar-refractivity contribution in [2.24, 2.45) is 5.92 Å². The summed E-state index contributed by atoms with van der Waals surface area (Å²) in [5, 5.41) is 3.15. The number of ether oxygens (including phenoxy) is 1. The fourth-order valence-corrected chi connectivity index (χ4v) is 3.59. The quantitative estimate of drug-likeness (QED) is 0.874. The molecule has 1 aliphatic heterocycles. The molecule has 1 saturated heterocycles. The van der Waals surface area contributed by atoms with E-state index in [-0.39, 0.29) is 22.6 Å². The third-order valence-electron chi connectivity index (χ3n) is 3.57. The minimum Gasteiger partial charge on any atom is -0.494 e. The van der Waals surface area contributed by atoms with Crippen molar-refractivity contribution >= 4 is 10.0 Å². The third-order valence-corrected chi connectivity index (χ3v) is 5.06. The van der Waals surface area contributed by atoms with E-state index in [1.807, 2.05) is 6.92 Å². The number of rotatable bonds is 4. The fourth-order valence-electron chi connectivity index (χ4n) is 2.23. The molecule has 1 heterocycles. The molecule has 2 atom stereocenters. The van der Waals surface area contributed by atoms with Crippen LogP contribution in [0.5, 0.6) is 5.75 Å². The molecule has 1 aromatic rings. The number of piperidine rings is 1. The standard InChI is InChI=1S/C13H19FN2O3S/c1-9-5-6-15-8-12(9)16-20(17,18)10-3-4-13(19-2)11(14)7-10/h3-4,7,9,12,15-16H,5-6,8H2,1-2H3. The summed E-state index contributed by atoms with van der Waals surface area (Å²) in [4.78, 5) is -0.0893. The van der Waals surface area contributed by atoms with Gasteiger partial charge in [-0.05, 0) is 37.1 Å². The van der Waals surface area contributed by atoms with Gasteiger partial charge in [-0.1, -0.05) is 6.92 Å². The van der Waals surface area contributed by atoms with Crippen LogP contribution in [0.2, 0.25) is 0 Å². The first kappa shape index (κ1) is 15.2. The van der Waals surface area contributed by atoms with Gasteiger partial charge in [0.15, 0.2) is 11.6 Å². The topological polar surface area (TPSA) is 67.4 Å². The van der Waals surface area contributed by atoms with Gasteiger partial charge in [0.25, 0.3) is 0 Å². The maximum absolute atomic E-state index is 13.6. The molecule has 112 valence electrons. The molecule has 0 saturated carbocycles. The van der Waals surface area contributed by atoms with Crippen LogP contribution in [0, 0.1) is 11.7 Å². The van der Waals surface area contributed by atoms with Crippen molar-refractivity contribution in [3.63, 3.8) is 0 Å². The summed E-state index contributed by atoms with van der Waals surface area (Å²) in [6, 6.07) is 3.44. The smallest absolute Gasteiger partial charge is 0.240 e. The van der Waals surface area contributed by atoms with E-state index in [1.165, 1.54) is 19.2 Å². The van der Waals surface area contributed by atoms with Crippen molar-refractivity contribution in [3.8, 4) is 5.75 Å². The van der Waals surface area contributed by atoms with Gasteiger partial charge in [-0.2, -0.15) is 0 Å². The Bertz CT molecular complexity index is 577. The second-order valence-corrected chi connectivity index (χ2v) is 6.71. The average molecular weight is 302 g/mol. The molecule has 1 aliphatic rings. The first-order valence-electron chi connectivity index (χ1n) is 6.50. The van der Waals surface area contributed by atoms with E-state index in [0.29, 0.717) is 6.54 Å². The van der Waals surface area contributed by atoms with E-state index in [1.54, 1.807) is 0 Å². The summed E-state index contributed by atoms with van der Waals surface area (Å²) in [6.07, 6.45) is 0.907. The van der Waals surface area contributed by atoms with Gasteiger partial charge >= 0.3 is 0 Å². The van der Waals surface area contributed by atoms with Crippen molar-refractivity contribution in [1.82, 2.24) is 10.0 Å². The molecule has 1 fully saturated rings. The summed E-state index contributed by atoms with van der Waals surface area (Å²) >= 11 is 0. The number of methoxy groups -OCH3 is 1. The highest BCUT2D eigenvalue weighted by Gasteiger charge is 2.27.